The summed E-state index contributed by atoms with van der Waals surface area (Å²) in [6, 6.07) is 12.9. The Hall–Kier alpha value is -3.67. The van der Waals surface area contributed by atoms with Crippen molar-refractivity contribution < 1.29 is 14.7 Å². The van der Waals surface area contributed by atoms with Gasteiger partial charge in [-0.05, 0) is 61.4 Å². The van der Waals surface area contributed by atoms with Gasteiger partial charge in [-0.15, -0.1) is 0 Å². The number of para-hydroxylation sites is 1. The van der Waals surface area contributed by atoms with Crippen LogP contribution < -0.4 is 9.91 Å². The summed E-state index contributed by atoms with van der Waals surface area (Å²) >= 11 is 0. The summed E-state index contributed by atoms with van der Waals surface area (Å²) in [6.07, 6.45) is 3.76. The average Bonchev–Trinajstić information content (AvgIpc) is 3.11. The van der Waals surface area contributed by atoms with Crippen molar-refractivity contribution >= 4 is 29.0 Å². The average molecular weight is 415 g/mol. The van der Waals surface area contributed by atoms with Gasteiger partial charge >= 0.3 is 5.97 Å². The fourth-order valence-electron chi connectivity index (χ4n) is 4.61. The summed E-state index contributed by atoms with van der Waals surface area (Å²) in [5.74, 6) is -1.09. The van der Waals surface area contributed by atoms with E-state index in [4.69, 9.17) is 0 Å². The van der Waals surface area contributed by atoms with Crippen molar-refractivity contribution in [1.29, 1.82) is 0 Å². The van der Waals surface area contributed by atoms with Gasteiger partial charge < -0.3 is 10.0 Å². The zero-order valence-electron chi connectivity index (χ0n) is 18.3. The smallest absolute Gasteiger partial charge is 0.335 e. The summed E-state index contributed by atoms with van der Waals surface area (Å²) in [6.45, 7) is 7.83. The Labute approximate surface area is 181 Å². The van der Waals surface area contributed by atoms with Crippen LogP contribution >= 0.6 is 0 Å². The second kappa shape index (κ2) is 7.23. The van der Waals surface area contributed by atoms with E-state index in [1.807, 2.05) is 69.4 Å². The molecule has 1 amide bonds. The first-order valence-corrected chi connectivity index (χ1v) is 10.1. The van der Waals surface area contributed by atoms with Gasteiger partial charge in [-0.2, -0.15) is 10.1 Å². The van der Waals surface area contributed by atoms with E-state index in [2.05, 4.69) is 23.8 Å². The Morgan fingerprint density at radius 3 is 2.39 bits per heavy atom. The molecule has 2 aromatic rings. The maximum Gasteiger partial charge on any atom is 0.335 e. The van der Waals surface area contributed by atoms with Crippen molar-refractivity contribution in [2.75, 3.05) is 17.0 Å². The minimum atomic E-state index is -0.928. The van der Waals surface area contributed by atoms with Crippen molar-refractivity contribution in [3.8, 4) is 0 Å². The molecule has 0 saturated carbocycles. The van der Waals surface area contributed by atoms with Gasteiger partial charge in [0.25, 0.3) is 5.91 Å². The Kier molecular flexibility index (Phi) is 4.81. The van der Waals surface area contributed by atoms with Crippen LogP contribution in [0.3, 0.4) is 0 Å². The standard InChI is InChI=1S/C25H25N3O3/c1-15-18(24(30)31)11-13-20-22(15)25(3,4)21(27(20)5)14-12-19-16(2)26-28(23(19)29)17-9-7-6-8-10-17/h6-14H,1-5H3,(H,30,31). The minimum absolute atomic E-state index is 0.166. The molecule has 0 aliphatic carbocycles. The lowest BCUT2D eigenvalue weighted by Crippen LogP contribution is -2.24. The van der Waals surface area contributed by atoms with Crippen molar-refractivity contribution in [3.05, 3.63) is 82.6 Å². The molecule has 0 saturated heterocycles. The second-order valence-electron chi connectivity index (χ2n) is 8.39. The number of carboxylic acid groups (broad SMARTS) is 1. The van der Waals surface area contributed by atoms with E-state index in [1.165, 1.54) is 5.01 Å². The van der Waals surface area contributed by atoms with Crippen LogP contribution in [0.15, 0.2) is 71.0 Å². The van der Waals surface area contributed by atoms with Gasteiger partial charge in [-0.3, -0.25) is 4.79 Å². The lowest BCUT2D eigenvalue weighted by atomic mass is 9.80. The third kappa shape index (κ3) is 3.15. The van der Waals surface area contributed by atoms with Crippen molar-refractivity contribution in [1.82, 2.24) is 0 Å². The first-order valence-electron chi connectivity index (χ1n) is 10.1. The van der Waals surface area contributed by atoms with Crippen LogP contribution in [-0.2, 0) is 10.2 Å². The molecule has 6 heteroatoms. The molecule has 31 heavy (non-hydrogen) atoms. The zero-order valence-corrected chi connectivity index (χ0v) is 18.3. The highest BCUT2D eigenvalue weighted by molar-refractivity contribution is 6.29. The molecule has 2 aliphatic heterocycles. The molecule has 0 fully saturated rings. The summed E-state index contributed by atoms with van der Waals surface area (Å²) < 4.78 is 0. The molecular weight excluding hydrogens is 390 g/mol. The normalized spacial score (nSPS) is 19.9. The van der Waals surface area contributed by atoms with Crippen LogP contribution in [0.2, 0.25) is 0 Å². The number of nitrogens with zero attached hydrogens (tertiary/aromatic N) is 3. The Bertz CT molecular complexity index is 1190. The molecule has 0 atom stereocenters. The zero-order chi connectivity index (χ0) is 22.5. The van der Waals surface area contributed by atoms with Crippen LogP contribution in [0, 0.1) is 6.92 Å². The predicted octanol–water partition coefficient (Wildman–Crippen LogP) is 4.65. The Balaban J connectivity index is 1.73. The van der Waals surface area contributed by atoms with Crippen LogP contribution in [0.4, 0.5) is 11.4 Å². The van der Waals surface area contributed by atoms with Crippen LogP contribution in [0.1, 0.15) is 42.3 Å². The Morgan fingerprint density at radius 1 is 1.06 bits per heavy atom. The number of carboxylic acids is 1. The van der Waals surface area contributed by atoms with Crippen LogP contribution in [-0.4, -0.2) is 29.7 Å². The summed E-state index contributed by atoms with van der Waals surface area (Å²) in [7, 11) is 1.96. The number of rotatable bonds is 3. The van der Waals surface area contributed by atoms with E-state index in [0.29, 0.717) is 16.8 Å². The number of benzene rings is 2. The predicted molar refractivity (Wildman–Crippen MR) is 123 cm³/mol. The molecule has 0 radical (unpaired) electrons. The molecule has 2 aromatic carbocycles. The number of hydrazone groups is 1. The van der Waals surface area contributed by atoms with Gasteiger partial charge in [0.15, 0.2) is 0 Å². The van der Waals surface area contributed by atoms with Gasteiger partial charge in [-0.25, -0.2) is 4.79 Å². The second-order valence-corrected chi connectivity index (χ2v) is 8.39. The molecule has 2 heterocycles. The molecule has 1 N–H and O–H groups in total. The summed E-state index contributed by atoms with van der Waals surface area (Å²) in [5, 5.41) is 15.4. The number of fused-ring (bicyclic) bond motifs is 1. The van der Waals surface area contributed by atoms with Crippen molar-refractivity contribution in [3.63, 3.8) is 0 Å². The van der Waals surface area contributed by atoms with Gasteiger partial charge in [0.05, 0.1) is 22.5 Å². The van der Waals surface area contributed by atoms with E-state index < -0.39 is 11.4 Å². The minimum Gasteiger partial charge on any atom is -0.478 e. The van der Waals surface area contributed by atoms with E-state index >= 15 is 0 Å². The third-order valence-electron chi connectivity index (χ3n) is 6.13. The first kappa shape index (κ1) is 20.6. The van der Waals surface area contributed by atoms with E-state index in [9.17, 15) is 14.7 Å². The van der Waals surface area contributed by atoms with Crippen molar-refractivity contribution in [2.24, 2.45) is 5.10 Å². The fourth-order valence-corrected chi connectivity index (χ4v) is 4.61. The van der Waals surface area contributed by atoms with Crippen molar-refractivity contribution in [2.45, 2.75) is 33.1 Å². The molecular formula is C25H25N3O3. The lowest BCUT2D eigenvalue weighted by molar-refractivity contribution is -0.114. The molecule has 2 aliphatic rings. The first-order chi connectivity index (χ1) is 14.6. The topological polar surface area (TPSA) is 73.2 Å². The highest BCUT2D eigenvalue weighted by atomic mass is 16.4. The molecule has 158 valence electrons. The largest absolute Gasteiger partial charge is 0.478 e. The number of allylic oxidation sites excluding steroid dienone is 3. The number of carbonyl (C=O) groups is 2. The summed E-state index contributed by atoms with van der Waals surface area (Å²) in [5.41, 5.74) is 5.55. The van der Waals surface area contributed by atoms with Gasteiger partial charge in [0.1, 0.15) is 0 Å². The van der Waals surface area contributed by atoms with E-state index in [0.717, 1.165) is 28.2 Å². The number of carbonyl (C=O) groups excluding carboxylic acids is 1. The number of aromatic carboxylic acids is 1. The van der Waals surface area contributed by atoms with Gasteiger partial charge in [0.2, 0.25) is 0 Å². The fraction of sp³-hybridized carbons (Fsp3) is 0.240. The SMILES string of the molecule is CC1=NN(c2ccccc2)C(=O)C1=CC=C1N(C)c2ccc(C(=O)O)c(C)c2C1(C)C. The third-order valence-corrected chi connectivity index (χ3v) is 6.13. The number of likely N-dealkylation sites (N-methyl/N-ethyl adjacent to an activating group) is 1. The monoisotopic (exact) mass is 415 g/mol. The summed E-state index contributed by atoms with van der Waals surface area (Å²) in [4.78, 5) is 26.7. The quantitative estimate of drug-likeness (QED) is 0.741. The number of amides is 1. The van der Waals surface area contributed by atoms with Crippen LogP contribution in [0.25, 0.3) is 0 Å². The molecule has 0 bridgehead atoms. The number of hydrogen-bond acceptors (Lipinski definition) is 4. The lowest BCUT2D eigenvalue weighted by Gasteiger charge is -2.24. The maximum atomic E-state index is 13.0. The van der Waals surface area contributed by atoms with Gasteiger partial charge in [-0.1, -0.05) is 32.0 Å². The molecule has 0 spiro atoms. The molecule has 4 rings (SSSR count). The number of anilines is 2. The Morgan fingerprint density at radius 2 is 1.74 bits per heavy atom. The maximum absolute atomic E-state index is 13.0. The van der Waals surface area contributed by atoms with Crippen LogP contribution in [0.5, 0.6) is 0 Å². The molecule has 6 nitrogen and oxygen atoms in total. The van der Waals surface area contributed by atoms with E-state index in [-0.39, 0.29) is 5.91 Å². The highest BCUT2D eigenvalue weighted by Crippen LogP contribution is 2.49. The molecule has 0 unspecified atom stereocenters. The van der Waals surface area contributed by atoms with Gasteiger partial charge in [0, 0.05) is 23.8 Å². The highest BCUT2D eigenvalue weighted by Gasteiger charge is 2.40. The molecule has 0 aromatic heterocycles. The number of hydrogen-bond donors (Lipinski definition) is 1. The van der Waals surface area contributed by atoms with E-state index in [1.54, 1.807) is 6.07 Å².